The molecular formula is C27H26ClN3O6. The maximum atomic E-state index is 12.6. The molecule has 2 N–H and O–H groups in total. The number of hydrogen-bond acceptors (Lipinski definition) is 7. The van der Waals surface area contributed by atoms with Gasteiger partial charge in [0.05, 0.1) is 31.5 Å². The summed E-state index contributed by atoms with van der Waals surface area (Å²) in [5.74, 6) is -0.219. The highest BCUT2D eigenvalue weighted by Crippen LogP contribution is 2.29. The number of nitrogens with zero attached hydrogens (tertiary/aromatic N) is 1. The van der Waals surface area contributed by atoms with Gasteiger partial charge in [0.25, 0.3) is 11.8 Å². The SMILES string of the molecule is CCOc1ccc(C(=O)Oc2ccc(/C=N\NC(=O)CNC(=O)c3ccc(Cl)cc3)cc2OCC)cc1. The first-order valence-electron chi connectivity index (χ1n) is 11.5. The number of halogens is 1. The van der Waals surface area contributed by atoms with Gasteiger partial charge in [-0.1, -0.05) is 11.6 Å². The molecule has 37 heavy (non-hydrogen) atoms. The Hall–Kier alpha value is -4.37. The zero-order valence-corrected chi connectivity index (χ0v) is 21.1. The molecule has 9 nitrogen and oxygen atoms in total. The Morgan fingerprint density at radius 3 is 2.22 bits per heavy atom. The van der Waals surface area contributed by atoms with E-state index >= 15 is 0 Å². The van der Waals surface area contributed by atoms with Gasteiger partial charge in [0, 0.05) is 10.6 Å². The third-order valence-corrected chi connectivity index (χ3v) is 5.04. The van der Waals surface area contributed by atoms with Crippen LogP contribution in [0, 0.1) is 0 Å². The third-order valence-electron chi connectivity index (χ3n) is 4.79. The summed E-state index contributed by atoms with van der Waals surface area (Å²) < 4.78 is 16.5. The van der Waals surface area contributed by atoms with E-state index in [1.54, 1.807) is 73.7 Å². The maximum absolute atomic E-state index is 12.6. The van der Waals surface area contributed by atoms with E-state index in [2.05, 4.69) is 15.8 Å². The molecule has 0 aliphatic heterocycles. The van der Waals surface area contributed by atoms with Gasteiger partial charge >= 0.3 is 5.97 Å². The van der Waals surface area contributed by atoms with E-state index in [1.807, 2.05) is 6.92 Å². The van der Waals surface area contributed by atoms with E-state index in [0.29, 0.717) is 46.4 Å². The average molecular weight is 524 g/mol. The molecule has 0 bridgehead atoms. The van der Waals surface area contributed by atoms with Gasteiger partial charge in [0.15, 0.2) is 11.5 Å². The van der Waals surface area contributed by atoms with Crippen molar-refractivity contribution in [3.63, 3.8) is 0 Å². The first-order chi connectivity index (χ1) is 17.9. The van der Waals surface area contributed by atoms with E-state index in [9.17, 15) is 14.4 Å². The molecule has 0 spiro atoms. The van der Waals surface area contributed by atoms with E-state index < -0.39 is 17.8 Å². The van der Waals surface area contributed by atoms with Gasteiger partial charge in [0.2, 0.25) is 0 Å². The zero-order valence-electron chi connectivity index (χ0n) is 20.3. The van der Waals surface area contributed by atoms with Crippen molar-refractivity contribution >= 4 is 35.6 Å². The molecule has 0 aliphatic rings. The lowest BCUT2D eigenvalue weighted by atomic mass is 10.2. The number of rotatable bonds is 11. The zero-order chi connectivity index (χ0) is 26.6. The van der Waals surface area contributed by atoms with Crippen LogP contribution in [0.15, 0.2) is 71.8 Å². The molecule has 0 aliphatic carbocycles. The molecule has 0 radical (unpaired) electrons. The minimum atomic E-state index is -0.543. The molecule has 0 unspecified atom stereocenters. The normalized spacial score (nSPS) is 10.6. The van der Waals surface area contributed by atoms with Gasteiger partial charge in [-0.05, 0) is 86.1 Å². The molecule has 3 aromatic rings. The van der Waals surface area contributed by atoms with E-state index in [0.717, 1.165) is 0 Å². The van der Waals surface area contributed by atoms with Gasteiger partial charge in [-0.3, -0.25) is 9.59 Å². The molecule has 0 saturated heterocycles. The summed E-state index contributed by atoms with van der Waals surface area (Å²) >= 11 is 5.80. The van der Waals surface area contributed by atoms with Gasteiger partial charge in [-0.2, -0.15) is 5.10 Å². The summed E-state index contributed by atoms with van der Waals surface area (Å²) in [6, 6.07) is 17.8. The quantitative estimate of drug-likeness (QED) is 0.168. The smallest absolute Gasteiger partial charge is 0.343 e. The fraction of sp³-hybridized carbons (Fsp3) is 0.185. The number of carbonyl (C=O) groups excluding carboxylic acids is 3. The Labute approximate surface area is 219 Å². The Balaban J connectivity index is 1.56. The molecule has 0 saturated carbocycles. The lowest BCUT2D eigenvalue weighted by Gasteiger charge is -2.11. The van der Waals surface area contributed by atoms with Crippen LogP contribution in [0.1, 0.15) is 40.1 Å². The lowest BCUT2D eigenvalue weighted by Crippen LogP contribution is -2.34. The second-order valence-electron chi connectivity index (χ2n) is 7.47. The molecule has 10 heteroatoms. The summed E-state index contributed by atoms with van der Waals surface area (Å²) in [6.45, 7) is 4.30. The van der Waals surface area contributed by atoms with E-state index in [1.165, 1.54) is 6.21 Å². The minimum absolute atomic E-state index is 0.242. The average Bonchev–Trinajstić information content (AvgIpc) is 2.90. The van der Waals surface area contributed by atoms with Crippen LogP contribution < -0.4 is 25.0 Å². The van der Waals surface area contributed by atoms with Crippen molar-refractivity contribution in [2.45, 2.75) is 13.8 Å². The van der Waals surface area contributed by atoms with Crippen LogP contribution in [-0.2, 0) is 4.79 Å². The Kier molecular flexibility index (Phi) is 10.0. The number of carbonyl (C=O) groups is 3. The number of ether oxygens (including phenoxy) is 3. The number of nitrogens with one attached hydrogen (secondary N) is 2. The van der Waals surface area contributed by atoms with Gasteiger partial charge in [0.1, 0.15) is 5.75 Å². The summed E-state index contributed by atoms with van der Waals surface area (Å²) in [6.07, 6.45) is 1.40. The number of hydrazone groups is 1. The maximum Gasteiger partial charge on any atom is 0.343 e. The molecule has 0 heterocycles. The highest BCUT2D eigenvalue weighted by Gasteiger charge is 2.14. The van der Waals surface area contributed by atoms with Crippen LogP contribution in [0.4, 0.5) is 0 Å². The van der Waals surface area contributed by atoms with Crippen molar-refractivity contribution in [2.75, 3.05) is 19.8 Å². The Morgan fingerprint density at radius 1 is 0.865 bits per heavy atom. The molecule has 192 valence electrons. The van der Waals surface area contributed by atoms with Crippen LogP contribution in [0.2, 0.25) is 5.02 Å². The van der Waals surface area contributed by atoms with Crippen molar-refractivity contribution in [3.05, 3.63) is 88.4 Å². The molecule has 0 aromatic heterocycles. The van der Waals surface area contributed by atoms with Crippen molar-refractivity contribution in [1.29, 1.82) is 0 Å². The van der Waals surface area contributed by atoms with Crippen molar-refractivity contribution in [3.8, 4) is 17.2 Å². The topological polar surface area (TPSA) is 115 Å². The molecule has 2 amide bonds. The Morgan fingerprint density at radius 2 is 1.54 bits per heavy atom. The predicted octanol–water partition coefficient (Wildman–Crippen LogP) is 4.24. The highest BCUT2D eigenvalue weighted by atomic mass is 35.5. The minimum Gasteiger partial charge on any atom is -0.494 e. The Bertz CT molecular complexity index is 1260. The van der Waals surface area contributed by atoms with Crippen LogP contribution >= 0.6 is 11.6 Å². The van der Waals surface area contributed by atoms with Crippen molar-refractivity contribution < 1.29 is 28.6 Å². The summed E-state index contributed by atoms with van der Waals surface area (Å²) in [7, 11) is 0. The molecule has 0 atom stereocenters. The summed E-state index contributed by atoms with van der Waals surface area (Å²) in [5, 5.41) is 6.91. The fourth-order valence-electron chi connectivity index (χ4n) is 3.05. The third kappa shape index (κ3) is 8.36. The van der Waals surface area contributed by atoms with E-state index in [-0.39, 0.29) is 12.3 Å². The summed E-state index contributed by atoms with van der Waals surface area (Å²) in [4.78, 5) is 36.6. The monoisotopic (exact) mass is 523 g/mol. The predicted molar refractivity (Wildman–Crippen MR) is 140 cm³/mol. The first kappa shape index (κ1) is 27.2. The van der Waals surface area contributed by atoms with Gasteiger partial charge in [-0.25, -0.2) is 10.2 Å². The number of esters is 1. The second-order valence-corrected chi connectivity index (χ2v) is 7.91. The molecular weight excluding hydrogens is 498 g/mol. The molecule has 3 rings (SSSR count). The van der Waals surface area contributed by atoms with Crippen LogP contribution in [0.25, 0.3) is 0 Å². The standard InChI is InChI=1S/C27H26ClN3O6/c1-3-35-22-12-8-20(9-13-22)27(34)37-23-14-5-18(15-24(23)36-4-2)16-30-31-25(32)17-29-26(33)19-6-10-21(28)11-7-19/h5-16H,3-4,17H2,1-2H3,(H,29,33)(H,31,32)/b30-16-. The molecule has 0 fully saturated rings. The molecule has 3 aromatic carbocycles. The largest absolute Gasteiger partial charge is 0.494 e. The van der Waals surface area contributed by atoms with Crippen LogP contribution in [0.5, 0.6) is 17.2 Å². The van der Waals surface area contributed by atoms with Gasteiger partial charge in [-0.15, -0.1) is 0 Å². The van der Waals surface area contributed by atoms with Crippen molar-refractivity contribution in [2.24, 2.45) is 5.10 Å². The highest BCUT2D eigenvalue weighted by molar-refractivity contribution is 6.30. The van der Waals surface area contributed by atoms with Crippen LogP contribution in [-0.4, -0.2) is 43.8 Å². The number of hydrogen-bond donors (Lipinski definition) is 2. The van der Waals surface area contributed by atoms with E-state index in [4.69, 9.17) is 25.8 Å². The number of benzene rings is 3. The first-order valence-corrected chi connectivity index (χ1v) is 11.8. The fourth-order valence-corrected chi connectivity index (χ4v) is 3.18. The number of amides is 2. The lowest BCUT2D eigenvalue weighted by molar-refractivity contribution is -0.120. The van der Waals surface area contributed by atoms with Gasteiger partial charge < -0.3 is 19.5 Å². The van der Waals surface area contributed by atoms with Crippen LogP contribution in [0.3, 0.4) is 0 Å². The second kappa shape index (κ2) is 13.6. The summed E-state index contributed by atoms with van der Waals surface area (Å²) in [5.41, 5.74) is 3.68. The van der Waals surface area contributed by atoms with Crippen molar-refractivity contribution in [1.82, 2.24) is 10.7 Å².